The number of fused-ring (bicyclic) bond motifs is 2. The zero-order valence-electron chi connectivity index (χ0n) is 15.1. The quantitative estimate of drug-likeness (QED) is 0.836. The van der Waals surface area contributed by atoms with Crippen molar-refractivity contribution in [2.24, 2.45) is 17.6 Å². The number of imide groups is 1. The summed E-state index contributed by atoms with van der Waals surface area (Å²) in [6, 6.07) is 5.07. The molecule has 3 amide bonds. The second-order valence-electron chi connectivity index (χ2n) is 7.75. The maximum Gasteiger partial charge on any atom is 0.261 e. The fourth-order valence-corrected chi connectivity index (χ4v) is 4.60. The zero-order chi connectivity index (χ0) is 18.4. The summed E-state index contributed by atoms with van der Waals surface area (Å²) < 4.78 is 0. The van der Waals surface area contributed by atoms with Crippen LogP contribution in [0.4, 0.5) is 0 Å². The number of carbonyl (C=O) groups excluding carboxylic acids is 3. The molecule has 2 N–H and O–H groups in total. The molecule has 1 saturated heterocycles. The number of hydrogen-bond acceptors (Lipinski definition) is 4. The molecule has 3 atom stereocenters. The minimum Gasteiger partial charge on any atom is -0.338 e. The third kappa shape index (κ3) is 2.63. The summed E-state index contributed by atoms with van der Waals surface area (Å²) in [7, 11) is 0. The number of nitrogens with two attached hydrogens (primary N) is 1. The third-order valence-electron chi connectivity index (χ3n) is 6.15. The number of benzene rings is 1. The van der Waals surface area contributed by atoms with E-state index in [1.165, 1.54) is 4.90 Å². The van der Waals surface area contributed by atoms with Gasteiger partial charge in [0.05, 0.1) is 11.1 Å². The van der Waals surface area contributed by atoms with E-state index in [1.54, 1.807) is 18.2 Å². The second kappa shape index (κ2) is 6.50. The van der Waals surface area contributed by atoms with Gasteiger partial charge in [0, 0.05) is 31.2 Å². The van der Waals surface area contributed by atoms with Crippen LogP contribution in [0.1, 0.15) is 63.7 Å². The Morgan fingerprint density at radius 1 is 1.15 bits per heavy atom. The van der Waals surface area contributed by atoms with Crippen LogP contribution in [0.2, 0.25) is 0 Å². The number of nitrogens with zero attached hydrogens (tertiary/aromatic N) is 2. The molecular formula is C20H25N3O3. The number of rotatable bonds is 4. The number of carbonyl (C=O) groups is 3. The van der Waals surface area contributed by atoms with Crippen LogP contribution < -0.4 is 5.73 Å². The van der Waals surface area contributed by atoms with Crippen molar-refractivity contribution in [3.8, 4) is 0 Å². The van der Waals surface area contributed by atoms with Crippen molar-refractivity contribution in [1.29, 1.82) is 0 Å². The zero-order valence-corrected chi connectivity index (χ0v) is 15.1. The highest BCUT2D eigenvalue weighted by molar-refractivity contribution is 6.22. The van der Waals surface area contributed by atoms with Gasteiger partial charge in [0.1, 0.15) is 0 Å². The SMILES string of the molecule is CCCCN1C(=O)c2ccc(C(=O)N3CC4CCC(N)C4C3)cc2C1=O. The first-order valence-corrected chi connectivity index (χ1v) is 9.56. The van der Waals surface area contributed by atoms with Crippen LogP contribution in [0.3, 0.4) is 0 Å². The standard InChI is InChI=1S/C20H25N3O3/c1-2-3-8-23-19(25)14-6-4-12(9-15(14)20(23)26)18(24)22-10-13-5-7-17(21)16(13)11-22/h4,6,9,13,16-17H,2-3,5,7-8,10-11,21H2,1H3. The molecule has 1 saturated carbocycles. The van der Waals surface area contributed by atoms with Gasteiger partial charge < -0.3 is 10.6 Å². The highest BCUT2D eigenvalue weighted by Crippen LogP contribution is 2.37. The lowest BCUT2D eigenvalue weighted by Crippen LogP contribution is -2.33. The van der Waals surface area contributed by atoms with Gasteiger partial charge in [0.25, 0.3) is 17.7 Å². The molecule has 2 aliphatic heterocycles. The lowest BCUT2D eigenvalue weighted by molar-refractivity contribution is 0.0652. The van der Waals surface area contributed by atoms with E-state index >= 15 is 0 Å². The average molecular weight is 355 g/mol. The van der Waals surface area contributed by atoms with Crippen LogP contribution in [0.25, 0.3) is 0 Å². The first kappa shape index (κ1) is 17.2. The molecule has 0 aromatic heterocycles. The summed E-state index contributed by atoms with van der Waals surface area (Å²) >= 11 is 0. The van der Waals surface area contributed by atoms with Crippen molar-refractivity contribution in [3.05, 3.63) is 34.9 Å². The van der Waals surface area contributed by atoms with Crippen LogP contribution in [0.15, 0.2) is 18.2 Å². The molecule has 1 aliphatic carbocycles. The molecular weight excluding hydrogens is 330 g/mol. The maximum absolute atomic E-state index is 12.9. The van der Waals surface area contributed by atoms with Gasteiger partial charge in [-0.25, -0.2) is 0 Å². The number of amides is 3. The highest BCUT2D eigenvalue weighted by Gasteiger charge is 2.43. The van der Waals surface area contributed by atoms with Gasteiger partial charge in [0.15, 0.2) is 0 Å². The van der Waals surface area contributed by atoms with E-state index in [-0.39, 0.29) is 23.8 Å². The largest absolute Gasteiger partial charge is 0.338 e. The Morgan fingerprint density at radius 3 is 2.65 bits per heavy atom. The second-order valence-corrected chi connectivity index (χ2v) is 7.75. The molecule has 138 valence electrons. The van der Waals surface area contributed by atoms with E-state index in [1.807, 2.05) is 11.8 Å². The van der Waals surface area contributed by atoms with Gasteiger partial charge >= 0.3 is 0 Å². The molecule has 1 aromatic carbocycles. The van der Waals surface area contributed by atoms with Gasteiger partial charge in [-0.1, -0.05) is 13.3 Å². The summed E-state index contributed by atoms with van der Waals surface area (Å²) in [5.41, 5.74) is 7.40. The van der Waals surface area contributed by atoms with Crippen LogP contribution >= 0.6 is 0 Å². The molecule has 0 radical (unpaired) electrons. The van der Waals surface area contributed by atoms with Crippen molar-refractivity contribution >= 4 is 17.7 Å². The lowest BCUT2D eigenvalue weighted by atomic mass is 9.98. The Morgan fingerprint density at radius 2 is 1.92 bits per heavy atom. The summed E-state index contributed by atoms with van der Waals surface area (Å²) in [6.45, 7) is 3.88. The highest BCUT2D eigenvalue weighted by atomic mass is 16.2. The molecule has 0 bridgehead atoms. The number of likely N-dealkylation sites (tertiary alicyclic amines) is 1. The van der Waals surface area contributed by atoms with Gasteiger partial charge in [0.2, 0.25) is 0 Å². The maximum atomic E-state index is 12.9. The van der Waals surface area contributed by atoms with E-state index in [0.29, 0.717) is 41.6 Å². The molecule has 2 heterocycles. The van der Waals surface area contributed by atoms with E-state index in [2.05, 4.69) is 0 Å². The van der Waals surface area contributed by atoms with Crippen LogP contribution in [0.5, 0.6) is 0 Å². The monoisotopic (exact) mass is 355 g/mol. The van der Waals surface area contributed by atoms with Gasteiger partial charge in [-0.15, -0.1) is 0 Å². The average Bonchev–Trinajstić information content (AvgIpc) is 3.28. The predicted molar refractivity (Wildman–Crippen MR) is 96.8 cm³/mol. The van der Waals surface area contributed by atoms with Crippen molar-refractivity contribution in [1.82, 2.24) is 9.80 Å². The number of hydrogen-bond donors (Lipinski definition) is 1. The van der Waals surface area contributed by atoms with Crippen LogP contribution in [0, 0.1) is 11.8 Å². The van der Waals surface area contributed by atoms with Gasteiger partial charge in [-0.2, -0.15) is 0 Å². The Bertz CT molecular complexity index is 776. The fraction of sp³-hybridized carbons (Fsp3) is 0.550. The fourth-order valence-electron chi connectivity index (χ4n) is 4.60. The van der Waals surface area contributed by atoms with E-state index in [9.17, 15) is 14.4 Å². The van der Waals surface area contributed by atoms with E-state index in [4.69, 9.17) is 5.73 Å². The van der Waals surface area contributed by atoms with Crippen molar-refractivity contribution < 1.29 is 14.4 Å². The van der Waals surface area contributed by atoms with Crippen molar-refractivity contribution in [2.45, 2.75) is 38.6 Å². The predicted octanol–water partition coefficient (Wildman–Crippen LogP) is 1.89. The van der Waals surface area contributed by atoms with E-state index in [0.717, 1.165) is 32.2 Å². The third-order valence-corrected chi connectivity index (χ3v) is 6.15. The molecule has 6 nitrogen and oxygen atoms in total. The Labute approximate surface area is 153 Å². The van der Waals surface area contributed by atoms with Gasteiger partial charge in [-0.3, -0.25) is 19.3 Å². The molecule has 3 aliphatic rings. The van der Waals surface area contributed by atoms with Crippen molar-refractivity contribution in [3.63, 3.8) is 0 Å². The Hall–Kier alpha value is -2.21. The molecule has 6 heteroatoms. The first-order valence-electron chi connectivity index (χ1n) is 9.56. The topological polar surface area (TPSA) is 83.7 Å². The molecule has 0 spiro atoms. The minimum absolute atomic E-state index is 0.0679. The lowest BCUT2D eigenvalue weighted by Gasteiger charge is -2.19. The van der Waals surface area contributed by atoms with Crippen LogP contribution in [-0.4, -0.2) is 53.2 Å². The van der Waals surface area contributed by atoms with Gasteiger partial charge in [-0.05, 0) is 49.3 Å². The minimum atomic E-state index is -0.284. The normalized spacial score (nSPS) is 27.2. The molecule has 26 heavy (non-hydrogen) atoms. The first-order chi connectivity index (χ1) is 12.5. The summed E-state index contributed by atoms with van der Waals surface area (Å²) in [6.07, 6.45) is 3.82. The van der Waals surface area contributed by atoms with E-state index < -0.39 is 0 Å². The Balaban J connectivity index is 1.54. The molecule has 2 fully saturated rings. The number of unbranched alkanes of at least 4 members (excludes halogenated alkanes) is 1. The summed E-state index contributed by atoms with van der Waals surface area (Å²) in [5, 5.41) is 0. The van der Waals surface area contributed by atoms with Crippen molar-refractivity contribution in [2.75, 3.05) is 19.6 Å². The summed E-state index contributed by atoms with van der Waals surface area (Å²) in [4.78, 5) is 41.0. The molecule has 3 unspecified atom stereocenters. The van der Waals surface area contributed by atoms with Crippen LogP contribution in [-0.2, 0) is 0 Å². The molecule has 4 rings (SSSR count). The smallest absolute Gasteiger partial charge is 0.261 e. The molecule has 1 aromatic rings. The Kier molecular flexibility index (Phi) is 4.31. The summed E-state index contributed by atoms with van der Waals surface area (Å²) in [5.74, 6) is 0.284.